The molecule has 0 unspecified atom stereocenters. The second-order valence-electron chi connectivity index (χ2n) is 7.38. The van der Waals surface area contributed by atoms with Gasteiger partial charge in [0.1, 0.15) is 5.75 Å². The van der Waals surface area contributed by atoms with Gasteiger partial charge in [-0.15, -0.1) is 12.4 Å². The minimum atomic E-state index is 0. The number of pyridine rings is 1. The van der Waals surface area contributed by atoms with E-state index in [1.807, 2.05) is 6.20 Å². The zero-order valence-electron chi connectivity index (χ0n) is 16.7. The minimum Gasteiger partial charge on any atom is -0.491 e. The molecule has 0 aliphatic carbocycles. The normalized spacial score (nSPS) is 11.1. The summed E-state index contributed by atoms with van der Waals surface area (Å²) >= 11 is 0. The van der Waals surface area contributed by atoms with E-state index in [1.54, 1.807) is 0 Å². The Morgan fingerprint density at radius 2 is 1.79 bits per heavy atom. The van der Waals surface area contributed by atoms with Gasteiger partial charge in [-0.25, -0.2) is 0 Å². The summed E-state index contributed by atoms with van der Waals surface area (Å²) in [5.74, 6) is 0.926. The zero-order valence-corrected chi connectivity index (χ0v) is 17.5. The third-order valence-corrected chi connectivity index (χ3v) is 4.99. The Morgan fingerprint density at radius 1 is 1.00 bits per heavy atom. The third kappa shape index (κ3) is 4.00. The van der Waals surface area contributed by atoms with Crippen LogP contribution < -0.4 is 4.74 Å². The van der Waals surface area contributed by atoms with Gasteiger partial charge in [-0.2, -0.15) is 0 Å². The highest BCUT2D eigenvalue weighted by Crippen LogP contribution is 2.33. The number of rotatable bonds is 6. The molecule has 0 aliphatic heterocycles. The first-order valence-electron chi connectivity index (χ1n) is 9.71. The molecule has 0 bridgehead atoms. The van der Waals surface area contributed by atoms with Crippen molar-refractivity contribution in [1.29, 1.82) is 0 Å². The fraction of sp³-hybridized carbons (Fsp3) is 0.292. The van der Waals surface area contributed by atoms with Gasteiger partial charge in [-0.1, -0.05) is 30.3 Å². The molecule has 0 spiro atoms. The van der Waals surface area contributed by atoms with Gasteiger partial charge in [0.25, 0.3) is 0 Å². The number of aryl methyl sites for hydroxylation is 3. The molecule has 4 rings (SSSR count). The van der Waals surface area contributed by atoms with E-state index in [-0.39, 0.29) is 18.5 Å². The van der Waals surface area contributed by atoms with Gasteiger partial charge in [0.05, 0.1) is 22.8 Å². The molecule has 2 heterocycles. The Morgan fingerprint density at radius 3 is 2.54 bits per heavy atom. The number of nitrogens with zero attached hydrogens (tertiary/aromatic N) is 2. The number of benzene rings is 2. The Kier molecular flexibility index (Phi) is 6.25. The van der Waals surface area contributed by atoms with Crippen molar-refractivity contribution in [3.8, 4) is 5.75 Å². The van der Waals surface area contributed by atoms with E-state index in [4.69, 9.17) is 4.74 Å². The lowest BCUT2D eigenvalue weighted by Gasteiger charge is -2.12. The van der Waals surface area contributed by atoms with E-state index >= 15 is 0 Å². The summed E-state index contributed by atoms with van der Waals surface area (Å²) in [5, 5.41) is 2.54. The Bertz CT molecular complexity index is 1070. The van der Waals surface area contributed by atoms with E-state index in [9.17, 15) is 0 Å². The van der Waals surface area contributed by atoms with E-state index < -0.39 is 0 Å². The summed E-state index contributed by atoms with van der Waals surface area (Å²) in [4.78, 5) is 4.55. The molecule has 0 N–H and O–H groups in total. The number of halogens is 1. The van der Waals surface area contributed by atoms with Gasteiger partial charge in [-0.05, 0) is 57.4 Å². The van der Waals surface area contributed by atoms with Crippen LogP contribution in [-0.4, -0.2) is 15.7 Å². The van der Waals surface area contributed by atoms with Crippen LogP contribution in [0.15, 0.2) is 60.8 Å². The quantitative estimate of drug-likeness (QED) is 0.381. The number of ether oxygens (including phenoxy) is 1. The van der Waals surface area contributed by atoms with E-state index in [2.05, 4.69) is 84.9 Å². The van der Waals surface area contributed by atoms with Crippen LogP contribution in [0.25, 0.3) is 21.8 Å². The molecule has 0 atom stereocenters. The zero-order chi connectivity index (χ0) is 18.8. The lowest BCUT2D eigenvalue weighted by atomic mass is 10.1. The van der Waals surface area contributed by atoms with Crippen molar-refractivity contribution in [2.45, 2.75) is 46.3 Å². The first kappa shape index (κ1) is 20.2. The summed E-state index contributed by atoms with van der Waals surface area (Å²) in [6, 6.07) is 19.3. The van der Waals surface area contributed by atoms with Gasteiger partial charge >= 0.3 is 0 Å². The molecule has 146 valence electrons. The number of hydrogen-bond donors (Lipinski definition) is 0. The number of aromatic nitrogens is 2. The Balaban J connectivity index is 0.00000225. The standard InChI is InChI=1S/C24H26N2O.ClH/c1-17(2)27-20-11-12-21-22-13-14-25-18(3)24(22)26(23(21)16-20)15-7-10-19-8-5-4-6-9-19;/h4-6,8-9,11-14,16-17H,7,10,15H2,1-3H3;1H. The maximum absolute atomic E-state index is 5.95. The van der Waals surface area contributed by atoms with Crippen molar-refractivity contribution in [2.24, 2.45) is 0 Å². The van der Waals surface area contributed by atoms with Crippen LogP contribution in [-0.2, 0) is 13.0 Å². The molecular weight excluding hydrogens is 368 g/mol. The van der Waals surface area contributed by atoms with Gasteiger partial charge in [-0.3, -0.25) is 4.98 Å². The molecule has 0 amide bonds. The van der Waals surface area contributed by atoms with Crippen LogP contribution in [0.1, 0.15) is 31.5 Å². The summed E-state index contributed by atoms with van der Waals surface area (Å²) in [6.45, 7) is 7.19. The summed E-state index contributed by atoms with van der Waals surface area (Å²) in [5.41, 5.74) is 4.93. The van der Waals surface area contributed by atoms with Gasteiger partial charge in [0.15, 0.2) is 0 Å². The van der Waals surface area contributed by atoms with Crippen molar-refractivity contribution in [1.82, 2.24) is 9.55 Å². The smallest absolute Gasteiger partial charge is 0.121 e. The van der Waals surface area contributed by atoms with Crippen molar-refractivity contribution in [2.75, 3.05) is 0 Å². The van der Waals surface area contributed by atoms with Crippen LogP contribution >= 0.6 is 12.4 Å². The summed E-state index contributed by atoms with van der Waals surface area (Å²) < 4.78 is 8.37. The van der Waals surface area contributed by atoms with Crippen molar-refractivity contribution >= 4 is 34.2 Å². The molecule has 2 aromatic carbocycles. The van der Waals surface area contributed by atoms with E-state index in [0.717, 1.165) is 30.8 Å². The Hall–Kier alpha value is -2.52. The second-order valence-corrected chi connectivity index (χ2v) is 7.38. The Labute approximate surface area is 172 Å². The first-order chi connectivity index (χ1) is 13.1. The molecule has 0 saturated carbocycles. The van der Waals surface area contributed by atoms with Crippen molar-refractivity contribution < 1.29 is 4.74 Å². The van der Waals surface area contributed by atoms with Crippen LogP contribution in [0.4, 0.5) is 0 Å². The average Bonchev–Trinajstić information content (AvgIpc) is 2.97. The molecule has 0 aliphatic rings. The van der Waals surface area contributed by atoms with E-state index in [0.29, 0.717) is 0 Å². The first-order valence-corrected chi connectivity index (χ1v) is 9.71. The highest BCUT2D eigenvalue weighted by molar-refractivity contribution is 6.09. The van der Waals surface area contributed by atoms with Gasteiger partial charge in [0.2, 0.25) is 0 Å². The number of fused-ring (bicyclic) bond motifs is 3. The summed E-state index contributed by atoms with van der Waals surface area (Å²) in [6.07, 6.45) is 4.24. The maximum atomic E-state index is 5.95. The second kappa shape index (κ2) is 8.66. The largest absolute Gasteiger partial charge is 0.491 e. The number of hydrogen-bond acceptors (Lipinski definition) is 2. The topological polar surface area (TPSA) is 27.1 Å². The average molecular weight is 395 g/mol. The van der Waals surface area contributed by atoms with Crippen molar-refractivity contribution in [3.05, 3.63) is 72.1 Å². The van der Waals surface area contributed by atoms with Gasteiger partial charge < -0.3 is 9.30 Å². The maximum Gasteiger partial charge on any atom is 0.121 e. The van der Waals surface area contributed by atoms with Gasteiger partial charge in [0, 0.05) is 29.6 Å². The molecule has 0 radical (unpaired) electrons. The van der Waals surface area contributed by atoms with Crippen LogP contribution in [0.3, 0.4) is 0 Å². The molecule has 3 nitrogen and oxygen atoms in total. The molecule has 0 saturated heterocycles. The third-order valence-electron chi connectivity index (χ3n) is 4.99. The van der Waals surface area contributed by atoms with Crippen molar-refractivity contribution in [3.63, 3.8) is 0 Å². The lowest BCUT2D eigenvalue weighted by Crippen LogP contribution is -2.06. The predicted octanol–water partition coefficient (Wildman–Crippen LogP) is 6.34. The fourth-order valence-corrected chi connectivity index (χ4v) is 3.86. The van der Waals surface area contributed by atoms with Crippen LogP contribution in [0.2, 0.25) is 0 Å². The molecule has 4 aromatic rings. The molecule has 0 fully saturated rings. The molecule has 4 heteroatoms. The SMILES string of the molecule is Cc1nccc2c3ccc(OC(C)C)cc3n(CCCc3ccccc3)c12.Cl. The highest BCUT2D eigenvalue weighted by atomic mass is 35.5. The minimum absolute atomic E-state index is 0. The molecular formula is C24H27ClN2O. The molecule has 2 aromatic heterocycles. The molecule has 28 heavy (non-hydrogen) atoms. The fourth-order valence-electron chi connectivity index (χ4n) is 3.86. The monoisotopic (exact) mass is 394 g/mol. The highest BCUT2D eigenvalue weighted by Gasteiger charge is 2.14. The van der Waals surface area contributed by atoms with Crippen LogP contribution in [0.5, 0.6) is 5.75 Å². The van der Waals surface area contributed by atoms with Crippen LogP contribution in [0, 0.1) is 6.92 Å². The summed E-state index contributed by atoms with van der Waals surface area (Å²) in [7, 11) is 0. The predicted molar refractivity (Wildman–Crippen MR) is 120 cm³/mol. The lowest BCUT2D eigenvalue weighted by molar-refractivity contribution is 0.242. The van der Waals surface area contributed by atoms with E-state index in [1.165, 1.54) is 27.4 Å².